The summed E-state index contributed by atoms with van der Waals surface area (Å²) in [5.74, 6) is 1.06. The number of amides is 1. The van der Waals surface area contributed by atoms with Gasteiger partial charge in [-0.25, -0.2) is 0 Å². The third-order valence-corrected chi connectivity index (χ3v) is 6.89. The fraction of sp³-hybridized carbons (Fsp3) is 0.938. The third-order valence-electron chi connectivity index (χ3n) is 6.89. The predicted molar refractivity (Wildman–Crippen MR) is 74.4 cm³/mol. The summed E-state index contributed by atoms with van der Waals surface area (Å²) in [5.41, 5.74) is 7.12. The van der Waals surface area contributed by atoms with Gasteiger partial charge in [-0.15, -0.1) is 0 Å². The van der Waals surface area contributed by atoms with Crippen LogP contribution in [-0.2, 0) is 4.79 Å². The molecule has 0 heterocycles. The molecule has 5 atom stereocenters. The predicted octanol–water partition coefficient (Wildman–Crippen LogP) is 2.20. The summed E-state index contributed by atoms with van der Waals surface area (Å²) in [6.45, 7) is 5.42. The van der Waals surface area contributed by atoms with Crippen molar-refractivity contribution in [3.8, 4) is 0 Å². The van der Waals surface area contributed by atoms with E-state index >= 15 is 0 Å². The molecule has 0 aliphatic heterocycles. The number of rotatable bonds is 3. The third kappa shape index (κ3) is 1.30. The van der Waals surface area contributed by atoms with Gasteiger partial charge in [0.1, 0.15) is 0 Å². The van der Waals surface area contributed by atoms with Crippen LogP contribution in [0.5, 0.6) is 0 Å². The number of fused-ring (bicyclic) bond motifs is 2. The molecular formula is C16H26N2O. The largest absolute Gasteiger partial charge is 0.350 e. The van der Waals surface area contributed by atoms with E-state index in [0.717, 1.165) is 5.92 Å². The summed E-state index contributed by atoms with van der Waals surface area (Å²) < 4.78 is 0. The average molecular weight is 262 g/mol. The van der Waals surface area contributed by atoms with E-state index in [9.17, 15) is 4.79 Å². The van der Waals surface area contributed by atoms with E-state index in [4.69, 9.17) is 5.73 Å². The van der Waals surface area contributed by atoms with Crippen molar-refractivity contribution in [1.29, 1.82) is 0 Å². The molecule has 0 saturated heterocycles. The minimum atomic E-state index is 0.132. The first-order chi connectivity index (χ1) is 8.85. The summed E-state index contributed by atoms with van der Waals surface area (Å²) in [7, 11) is 0. The van der Waals surface area contributed by atoms with Crippen molar-refractivity contribution in [3.05, 3.63) is 0 Å². The molecule has 4 saturated carbocycles. The van der Waals surface area contributed by atoms with Crippen LogP contribution in [0.4, 0.5) is 0 Å². The molecule has 1 spiro atoms. The molecule has 0 aromatic carbocycles. The molecular weight excluding hydrogens is 236 g/mol. The van der Waals surface area contributed by atoms with Gasteiger partial charge in [0.2, 0.25) is 5.91 Å². The standard InChI is InChI=1S/C16H26N2O/c1-13-5-11-6-16(18-12(19)3-4-17)10-14(2,7-13)9-15(11,16)8-13/h11H,3-10,17H2,1-2H3,(H,18,19). The lowest BCUT2D eigenvalue weighted by Gasteiger charge is -2.59. The Bertz CT molecular complexity index is 460. The highest BCUT2D eigenvalue weighted by Gasteiger charge is 2.79. The van der Waals surface area contributed by atoms with Gasteiger partial charge in [-0.2, -0.15) is 0 Å². The zero-order chi connectivity index (χ0) is 13.5. The second kappa shape index (κ2) is 3.19. The lowest BCUT2D eigenvalue weighted by atomic mass is 9.50. The van der Waals surface area contributed by atoms with Crippen molar-refractivity contribution < 1.29 is 4.79 Å². The molecule has 106 valence electrons. The Labute approximate surface area is 115 Å². The second-order valence-corrected chi connectivity index (χ2v) is 8.76. The van der Waals surface area contributed by atoms with Crippen molar-refractivity contribution in [2.45, 2.75) is 64.3 Å². The van der Waals surface area contributed by atoms with Crippen LogP contribution in [0.15, 0.2) is 0 Å². The van der Waals surface area contributed by atoms with Crippen molar-refractivity contribution in [1.82, 2.24) is 5.32 Å². The Kier molecular flexibility index (Phi) is 2.04. The van der Waals surface area contributed by atoms with Crippen molar-refractivity contribution in [2.24, 2.45) is 27.9 Å². The van der Waals surface area contributed by atoms with Gasteiger partial charge in [0.25, 0.3) is 0 Å². The highest BCUT2D eigenvalue weighted by Crippen LogP contribution is 2.83. The molecule has 4 aliphatic rings. The van der Waals surface area contributed by atoms with Crippen LogP contribution in [0.25, 0.3) is 0 Å². The van der Waals surface area contributed by atoms with E-state index in [1.165, 1.54) is 38.5 Å². The molecule has 4 rings (SSSR count). The van der Waals surface area contributed by atoms with E-state index in [1.54, 1.807) is 0 Å². The summed E-state index contributed by atoms with van der Waals surface area (Å²) >= 11 is 0. The second-order valence-electron chi connectivity index (χ2n) is 8.76. The molecule has 1 amide bonds. The quantitative estimate of drug-likeness (QED) is 0.819. The first kappa shape index (κ1) is 12.2. The maximum absolute atomic E-state index is 12.1. The fourth-order valence-corrected chi connectivity index (χ4v) is 7.24. The van der Waals surface area contributed by atoms with Crippen molar-refractivity contribution in [3.63, 3.8) is 0 Å². The molecule has 4 aliphatic carbocycles. The van der Waals surface area contributed by atoms with E-state index in [1.807, 2.05) is 0 Å². The topological polar surface area (TPSA) is 55.1 Å². The monoisotopic (exact) mass is 262 g/mol. The van der Waals surface area contributed by atoms with Crippen molar-refractivity contribution >= 4 is 5.91 Å². The summed E-state index contributed by atoms with van der Waals surface area (Å²) in [4.78, 5) is 12.1. The van der Waals surface area contributed by atoms with Crippen LogP contribution in [0.3, 0.4) is 0 Å². The van der Waals surface area contributed by atoms with Gasteiger partial charge in [-0.1, -0.05) is 13.8 Å². The Morgan fingerprint density at radius 1 is 1.16 bits per heavy atom. The Morgan fingerprint density at radius 2 is 1.89 bits per heavy atom. The fourth-order valence-electron chi connectivity index (χ4n) is 7.24. The maximum Gasteiger partial charge on any atom is 0.221 e. The summed E-state index contributed by atoms with van der Waals surface area (Å²) in [5, 5.41) is 3.44. The number of carbonyl (C=O) groups excluding carboxylic acids is 1. The molecule has 3 nitrogen and oxygen atoms in total. The number of hydrogen-bond donors (Lipinski definition) is 2. The molecule has 3 N–H and O–H groups in total. The van der Waals surface area contributed by atoms with Crippen LogP contribution in [-0.4, -0.2) is 18.0 Å². The van der Waals surface area contributed by atoms with Gasteiger partial charge < -0.3 is 11.1 Å². The zero-order valence-corrected chi connectivity index (χ0v) is 12.2. The lowest BCUT2D eigenvalue weighted by molar-refractivity contribution is -0.131. The lowest BCUT2D eigenvalue weighted by Crippen LogP contribution is -2.67. The number of carbonyl (C=O) groups is 1. The zero-order valence-electron chi connectivity index (χ0n) is 12.2. The molecule has 19 heavy (non-hydrogen) atoms. The number of nitrogens with one attached hydrogen (secondary N) is 1. The smallest absolute Gasteiger partial charge is 0.221 e. The summed E-state index contributed by atoms with van der Waals surface area (Å²) in [6.07, 6.45) is 8.39. The van der Waals surface area contributed by atoms with Gasteiger partial charge in [0.15, 0.2) is 0 Å². The van der Waals surface area contributed by atoms with Crippen LogP contribution in [0.1, 0.15) is 58.8 Å². The van der Waals surface area contributed by atoms with Crippen LogP contribution in [0, 0.1) is 22.2 Å². The van der Waals surface area contributed by atoms with E-state index in [2.05, 4.69) is 19.2 Å². The molecule has 0 radical (unpaired) electrons. The van der Waals surface area contributed by atoms with E-state index in [0.29, 0.717) is 29.2 Å². The molecule has 5 unspecified atom stereocenters. The van der Waals surface area contributed by atoms with Crippen LogP contribution >= 0.6 is 0 Å². The normalized spacial score (nSPS) is 56.9. The number of hydrogen-bond acceptors (Lipinski definition) is 2. The number of nitrogens with two attached hydrogens (primary N) is 1. The Hall–Kier alpha value is -0.570. The first-order valence-corrected chi connectivity index (χ1v) is 7.86. The molecule has 0 aromatic rings. The van der Waals surface area contributed by atoms with Gasteiger partial charge in [0, 0.05) is 18.5 Å². The average Bonchev–Trinajstić information content (AvgIpc) is 2.50. The van der Waals surface area contributed by atoms with Crippen LogP contribution in [0.2, 0.25) is 0 Å². The SMILES string of the molecule is CC12CC3CC4(NC(=O)CCN)CC(C)(C1)CC34C2. The molecule has 0 aromatic heterocycles. The minimum Gasteiger partial charge on any atom is -0.350 e. The van der Waals surface area contributed by atoms with Gasteiger partial charge in [-0.3, -0.25) is 4.79 Å². The van der Waals surface area contributed by atoms with Crippen LogP contribution < -0.4 is 11.1 Å². The highest BCUT2D eigenvalue weighted by molar-refractivity contribution is 5.77. The molecule has 3 heteroatoms. The molecule has 4 fully saturated rings. The summed E-state index contributed by atoms with van der Waals surface area (Å²) in [6, 6.07) is 0. The Morgan fingerprint density at radius 3 is 2.63 bits per heavy atom. The minimum absolute atomic E-state index is 0.132. The van der Waals surface area contributed by atoms with Gasteiger partial charge in [0.05, 0.1) is 0 Å². The maximum atomic E-state index is 12.1. The van der Waals surface area contributed by atoms with E-state index in [-0.39, 0.29) is 11.4 Å². The molecule has 3 bridgehead atoms. The highest BCUT2D eigenvalue weighted by atomic mass is 16.1. The Balaban J connectivity index is 1.68. The van der Waals surface area contributed by atoms with Gasteiger partial charge in [-0.05, 0) is 60.7 Å². The van der Waals surface area contributed by atoms with Gasteiger partial charge >= 0.3 is 0 Å². The first-order valence-electron chi connectivity index (χ1n) is 7.86. The van der Waals surface area contributed by atoms with Crippen molar-refractivity contribution in [2.75, 3.05) is 6.54 Å². The van der Waals surface area contributed by atoms with E-state index < -0.39 is 0 Å².